The molecule has 3 heteroatoms. The number of nitrogens with zero attached hydrogens (tertiary/aromatic N) is 1. The van der Waals surface area contributed by atoms with Crippen LogP contribution in [0.1, 0.15) is 44.4 Å². The molecule has 0 aliphatic carbocycles. The van der Waals surface area contributed by atoms with Crippen molar-refractivity contribution in [1.29, 1.82) is 0 Å². The number of carbonyl (C=O) groups excluding carboxylic acids is 1. The fourth-order valence-corrected chi connectivity index (χ4v) is 2.13. The minimum Gasteiger partial charge on any atom is -0.354 e. The number of benzene rings is 1. The molecule has 0 fully saturated rings. The molecule has 1 amide bonds. The van der Waals surface area contributed by atoms with Crippen molar-refractivity contribution in [1.82, 2.24) is 10.2 Å². The van der Waals surface area contributed by atoms with Gasteiger partial charge in [0.25, 0.3) is 0 Å². The summed E-state index contributed by atoms with van der Waals surface area (Å²) in [6.07, 6.45) is 1.93. The molecule has 0 aliphatic heterocycles. The van der Waals surface area contributed by atoms with Crippen LogP contribution in [-0.4, -0.2) is 31.4 Å². The molecule has 0 saturated heterocycles. The molecule has 112 valence electrons. The summed E-state index contributed by atoms with van der Waals surface area (Å²) >= 11 is 0. The van der Waals surface area contributed by atoms with Crippen LogP contribution in [-0.2, 0) is 11.2 Å². The van der Waals surface area contributed by atoms with Crippen molar-refractivity contribution in [2.24, 2.45) is 5.92 Å². The molecule has 1 N–H and O–H groups in total. The number of amides is 1. The van der Waals surface area contributed by atoms with Crippen LogP contribution in [0.15, 0.2) is 24.3 Å². The summed E-state index contributed by atoms with van der Waals surface area (Å²) in [5.41, 5.74) is 2.59. The van der Waals surface area contributed by atoms with E-state index in [9.17, 15) is 4.79 Å². The number of rotatable bonds is 7. The number of hydrogen-bond acceptors (Lipinski definition) is 2. The summed E-state index contributed by atoms with van der Waals surface area (Å²) in [5, 5.41) is 3.06. The van der Waals surface area contributed by atoms with Crippen molar-refractivity contribution >= 4 is 5.91 Å². The fraction of sp³-hybridized carbons (Fsp3) is 0.588. The lowest BCUT2D eigenvalue weighted by Crippen LogP contribution is -2.36. The number of nitrogens with one attached hydrogen (secondary N) is 1. The van der Waals surface area contributed by atoms with Gasteiger partial charge in [-0.25, -0.2) is 0 Å². The zero-order chi connectivity index (χ0) is 15.1. The van der Waals surface area contributed by atoms with Crippen molar-refractivity contribution in [3.8, 4) is 0 Å². The number of likely N-dealkylation sites (N-methyl/N-ethyl adjacent to an activating group) is 1. The van der Waals surface area contributed by atoms with E-state index in [1.807, 2.05) is 27.9 Å². The molecule has 1 aromatic rings. The minimum atomic E-state index is 0.0836. The molecular formula is C17H28N2O. The molecule has 20 heavy (non-hydrogen) atoms. The molecule has 0 aromatic heterocycles. The van der Waals surface area contributed by atoms with E-state index in [1.165, 1.54) is 11.1 Å². The highest BCUT2D eigenvalue weighted by atomic mass is 16.1. The largest absolute Gasteiger partial charge is 0.354 e. The van der Waals surface area contributed by atoms with E-state index in [2.05, 4.69) is 41.4 Å². The van der Waals surface area contributed by atoms with Crippen LogP contribution in [0, 0.1) is 5.92 Å². The molecule has 2 unspecified atom stereocenters. The van der Waals surface area contributed by atoms with Gasteiger partial charge >= 0.3 is 0 Å². The quantitative estimate of drug-likeness (QED) is 0.830. The first-order valence-corrected chi connectivity index (χ1v) is 7.52. The van der Waals surface area contributed by atoms with Crippen molar-refractivity contribution in [2.75, 3.05) is 20.6 Å². The van der Waals surface area contributed by atoms with Crippen molar-refractivity contribution in [3.05, 3.63) is 35.4 Å². The van der Waals surface area contributed by atoms with Gasteiger partial charge in [-0.1, -0.05) is 45.0 Å². The fourth-order valence-electron chi connectivity index (χ4n) is 2.13. The van der Waals surface area contributed by atoms with Gasteiger partial charge in [-0.15, -0.1) is 0 Å². The summed E-state index contributed by atoms with van der Waals surface area (Å²) in [6.45, 7) is 6.82. The van der Waals surface area contributed by atoms with Crippen LogP contribution >= 0.6 is 0 Å². The third kappa shape index (κ3) is 4.64. The second-order valence-electron chi connectivity index (χ2n) is 5.63. The van der Waals surface area contributed by atoms with E-state index in [0.29, 0.717) is 6.54 Å². The van der Waals surface area contributed by atoms with Gasteiger partial charge in [-0.2, -0.15) is 0 Å². The molecule has 1 rings (SSSR count). The van der Waals surface area contributed by atoms with Gasteiger partial charge < -0.3 is 10.2 Å². The number of carbonyl (C=O) groups is 1. The zero-order valence-electron chi connectivity index (χ0n) is 13.4. The first-order valence-electron chi connectivity index (χ1n) is 7.52. The van der Waals surface area contributed by atoms with Gasteiger partial charge in [0.1, 0.15) is 0 Å². The van der Waals surface area contributed by atoms with E-state index >= 15 is 0 Å². The Bertz CT molecular complexity index is 412. The SMILES string of the molecule is CCc1ccc(C(CNC(=O)C(C)CC)N(C)C)cc1. The van der Waals surface area contributed by atoms with Gasteiger partial charge in [-0.3, -0.25) is 4.79 Å². The highest BCUT2D eigenvalue weighted by molar-refractivity contribution is 5.78. The number of aryl methyl sites for hydroxylation is 1. The summed E-state index contributed by atoms with van der Waals surface area (Å²) < 4.78 is 0. The molecule has 3 nitrogen and oxygen atoms in total. The molecule has 0 aliphatic rings. The molecular weight excluding hydrogens is 248 g/mol. The average Bonchev–Trinajstić information content (AvgIpc) is 2.46. The Morgan fingerprint density at radius 2 is 1.80 bits per heavy atom. The van der Waals surface area contributed by atoms with Crippen LogP contribution < -0.4 is 5.32 Å². The van der Waals surface area contributed by atoms with Crippen LogP contribution in [0.5, 0.6) is 0 Å². The lowest BCUT2D eigenvalue weighted by molar-refractivity contribution is -0.124. The van der Waals surface area contributed by atoms with E-state index < -0.39 is 0 Å². The van der Waals surface area contributed by atoms with Crippen molar-refractivity contribution in [3.63, 3.8) is 0 Å². The summed E-state index contributed by atoms with van der Waals surface area (Å²) in [5.74, 6) is 0.227. The van der Waals surface area contributed by atoms with Crippen LogP contribution in [0.3, 0.4) is 0 Å². The third-order valence-corrected chi connectivity index (χ3v) is 3.93. The zero-order valence-corrected chi connectivity index (χ0v) is 13.4. The molecule has 0 saturated carbocycles. The van der Waals surface area contributed by atoms with Crippen molar-refractivity contribution in [2.45, 2.75) is 39.7 Å². The molecule has 2 atom stereocenters. The van der Waals surface area contributed by atoms with Crippen LogP contribution in [0.4, 0.5) is 0 Å². The number of hydrogen-bond donors (Lipinski definition) is 1. The molecule has 1 aromatic carbocycles. The van der Waals surface area contributed by atoms with E-state index in [-0.39, 0.29) is 17.9 Å². The van der Waals surface area contributed by atoms with E-state index in [0.717, 1.165) is 12.8 Å². The van der Waals surface area contributed by atoms with E-state index in [4.69, 9.17) is 0 Å². The summed E-state index contributed by atoms with van der Waals surface area (Å²) in [4.78, 5) is 14.1. The van der Waals surface area contributed by atoms with Crippen LogP contribution in [0.2, 0.25) is 0 Å². The molecule has 0 radical (unpaired) electrons. The summed E-state index contributed by atoms with van der Waals surface area (Å²) in [7, 11) is 4.10. The second kappa shape index (κ2) is 8.05. The Balaban J connectivity index is 2.71. The standard InChI is InChI=1S/C17H28N2O/c1-6-13(3)17(20)18-12-16(19(4)5)15-10-8-14(7-2)9-11-15/h8-11,13,16H,6-7,12H2,1-5H3,(H,18,20). The Kier molecular flexibility index (Phi) is 6.73. The Hall–Kier alpha value is -1.35. The normalized spacial score (nSPS) is 14.1. The second-order valence-corrected chi connectivity index (χ2v) is 5.63. The summed E-state index contributed by atoms with van der Waals surface area (Å²) in [6, 6.07) is 8.89. The highest BCUT2D eigenvalue weighted by Crippen LogP contribution is 2.18. The van der Waals surface area contributed by atoms with Gasteiger partial charge in [-0.05, 0) is 38.1 Å². The Morgan fingerprint density at radius 3 is 2.25 bits per heavy atom. The van der Waals surface area contributed by atoms with Gasteiger partial charge in [0.05, 0.1) is 6.04 Å². The first kappa shape index (κ1) is 16.7. The third-order valence-electron chi connectivity index (χ3n) is 3.93. The monoisotopic (exact) mass is 276 g/mol. The minimum absolute atomic E-state index is 0.0836. The Labute approximate surface area is 123 Å². The topological polar surface area (TPSA) is 32.3 Å². The maximum atomic E-state index is 11.9. The lowest BCUT2D eigenvalue weighted by atomic mass is 10.0. The predicted octanol–water partition coefficient (Wildman–Crippen LogP) is 3.01. The first-order chi connectivity index (χ1) is 9.49. The lowest BCUT2D eigenvalue weighted by Gasteiger charge is -2.26. The highest BCUT2D eigenvalue weighted by Gasteiger charge is 2.17. The average molecular weight is 276 g/mol. The molecule has 0 heterocycles. The van der Waals surface area contributed by atoms with Gasteiger partial charge in [0, 0.05) is 12.5 Å². The van der Waals surface area contributed by atoms with E-state index in [1.54, 1.807) is 0 Å². The van der Waals surface area contributed by atoms with Crippen LogP contribution in [0.25, 0.3) is 0 Å². The molecule has 0 spiro atoms. The maximum absolute atomic E-state index is 11.9. The molecule has 0 bridgehead atoms. The Morgan fingerprint density at radius 1 is 1.20 bits per heavy atom. The van der Waals surface area contributed by atoms with Crippen molar-refractivity contribution < 1.29 is 4.79 Å². The predicted molar refractivity (Wildman–Crippen MR) is 84.7 cm³/mol. The van der Waals surface area contributed by atoms with Gasteiger partial charge in [0.2, 0.25) is 5.91 Å². The smallest absolute Gasteiger partial charge is 0.222 e. The maximum Gasteiger partial charge on any atom is 0.222 e. The van der Waals surface area contributed by atoms with Gasteiger partial charge in [0.15, 0.2) is 0 Å².